The molecule has 0 spiro atoms. The van der Waals surface area contributed by atoms with E-state index in [-0.39, 0.29) is 0 Å². The lowest BCUT2D eigenvalue weighted by atomic mass is 9.85. The van der Waals surface area contributed by atoms with E-state index < -0.39 is 11.5 Å². The Balaban J connectivity index is 2.06. The number of nitrogens with one attached hydrogen (secondary N) is 1. The molecule has 3 nitrogen and oxygen atoms in total. The van der Waals surface area contributed by atoms with Crippen LogP contribution < -0.4 is 5.32 Å². The highest BCUT2D eigenvalue weighted by Gasteiger charge is 2.40. The Kier molecular flexibility index (Phi) is 4.68. The van der Waals surface area contributed by atoms with Crippen LogP contribution in [0.2, 0.25) is 0 Å². The molecule has 126 valence electrons. The maximum Gasteiger partial charge on any atom is 0.265 e. The van der Waals surface area contributed by atoms with E-state index in [2.05, 4.69) is 5.32 Å². The van der Waals surface area contributed by atoms with Crippen molar-refractivity contribution in [1.82, 2.24) is 0 Å². The quantitative estimate of drug-likeness (QED) is 0.753. The van der Waals surface area contributed by atoms with Crippen molar-refractivity contribution in [2.75, 3.05) is 5.32 Å². The summed E-state index contributed by atoms with van der Waals surface area (Å²) in [7, 11) is 0. The Bertz CT molecular complexity index is 834. The van der Waals surface area contributed by atoms with E-state index in [4.69, 9.17) is 0 Å². The number of rotatable bonds is 4. The van der Waals surface area contributed by atoms with Crippen LogP contribution in [0, 0.1) is 13.8 Å². The molecule has 1 amide bonds. The molecule has 0 unspecified atom stereocenters. The second kappa shape index (κ2) is 6.91. The largest absolute Gasteiger partial charge is 0.372 e. The van der Waals surface area contributed by atoms with Crippen LogP contribution >= 0.6 is 0 Å². The standard InChI is InChI=1S/C22H21NO2/c1-16-10-9-15-20(17(16)2)23-21(24)22(25,18-11-5-3-6-12-18)19-13-7-4-8-14-19/h3-15,25H,1-2H3,(H,23,24). The minimum Gasteiger partial charge on any atom is -0.372 e. The van der Waals surface area contributed by atoms with E-state index in [9.17, 15) is 9.90 Å². The molecule has 0 radical (unpaired) electrons. The van der Waals surface area contributed by atoms with Gasteiger partial charge in [0.1, 0.15) is 0 Å². The van der Waals surface area contributed by atoms with Gasteiger partial charge in [-0.15, -0.1) is 0 Å². The van der Waals surface area contributed by atoms with E-state index in [1.54, 1.807) is 24.3 Å². The molecule has 0 fully saturated rings. The van der Waals surface area contributed by atoms with Crippen molar-refractivity contribution < 1.29 is 9.90 Å². The van der Waals surface area contributed by atoms with Crippen molar-refractivity contribution in [3.05, 3.63) is 101 Å². The van der Waals surface area contributed by atoms with Gasteiger partial charge in [-0.1, -0.05) is 72.8 Å². The molecule has 3 aromatic carbocycles. The second-order valence-corrected chi connectivity index (χ2v) is 6.14. The number of amides is 1. The molecule has 0 aromatic heterocycles. The molecule has 0 aliphatic carbocycles. The molecule has 2 N–H and O–H groups in total. The molecule has 3 aromatic rings. The van der Waals surface area contributed by atoms with Gasteiger partial charge in [-0.3, -0.25) is 4.79 Å². The summed E-state index contributed by atoms with van der Waals surface area (Å²) >= 11 is 0. The Morgan fingerprint density at radius 2 is 1.32 bits per heavy atom. The lowest BCUT2D eigenvalue weighted by Crippen LogP contribution is -2.41. The predicted molar refractivity (Wildman–Crippen MR) is 100 cm³/mol. The smallest absolute Gasteiger partial charge is 0.265 e. The fourth-order valence-corrected chi connectivity index (χ4v) is 2.89. The maximum absolute atomic E-state index is 13.1. The van der Waals surface area contributed by atoms with Gasteiger partial charge < -0.3 is 10.4 Å². The number of benzene rings is 3. The number of hydrogen-bond acceptors (Lipinski definition) is 2. The van der Waals surface area contributed by atoms with Crippen molar-refractivity contribution in [3.8, 4) is 0 Å². The van der Waals surface area contributed by atoms with Crippen LogP contribution in [0.3, 0.4) is 0 Å². The Morgan fingerprint density at radius 1 is 0.800 bits per heavy atom. The molecule has 3 rings (SSSR count). The Hall–Kier alpha value is -2.91. The maximum atomic E-state index is 13.1. The van der Waals surface area contributed by atoms with Gasteiger partial charge in [0.05, 0.1) is 0 Å². The monoisotopic (exact) mass is 331 g/mol. The fourth-order valence-electron chi connectivity index (χ4n) is 2.89. The summed E-state index contributed by atoms with van der Waals surface area (Å²) in [6.07, 6.45) is 0. The first kappa shape index (κ1) is 16.9. The van der Waals surface area contributed by atoms with Gasteiger partial charge in [0.2, 0.25) is 0 Å². The Labute approximate surface area is 148 Å². The summed E-state index contributed by atoms with van der Waals surface area (Å²) in [4.78, 5) is 13.1. The molecule has 0 bridgehead atoms. The molecule has 3 heteroatoms. The summed E-state index contributed by atoms with van der Waals surface area (Å²) in [6.45, 7) is 3.95. The van der Waals surface area contributed by atoms with Gasteiger partial charge in [0.25, 0.3) is 5.91 Å². The van der Waals surface area contributed by atoms with Crippen LogP contribution in [-0.2, 0) is 10.4 Å². The van der Waals surface area contributed by atoms with Crippen LogP contribution in [-0.4, -0.2) is 11.0 Å². The van der Waals surface area contributed by atoms with Gasteiger partial charge in [0, 0.05) is 5.69 Å². The zero-order chi connectivity index (χ0) is 17.9. The van der Waals surface area contributed by atoms with Crippen molar-refractivity contribution in [1.29, 1.82) is 0 Å². The van der Waals surface area contributed by atoms with Gasteiger partial charge in [0.15, 0.2) is 5.60 Å². The molecule has 0 aliphatic heterocycles. The SMILES string of the molecule is Cc1cccc(NC(=O)C(O)(c2ccccc2)c2ccccc2)c1C. The zero-order valence-electron chi connectivity index (χ0n) is 14.4. The summed E-state index contributed by atoms with van der Waals surface area (Å²) in [5.74, 6) is -0.474. The fraction of sp³-hybridized carbons (Fsp3) is 0.136. The average molecular weight is 331 g/mol. The summed E-state index contributed by atoms with van der Waals surface area (Å²) in [6, 6.07) is 23.7. The number of carbonyl (C=O) groups is 1. The molecular formula is C22H21NO2. The van der Waals surface area contributed by atoms with Gasteiger partial charge in [-0.2, -0.15) is 0 Å². The number of aliphatic hydroxyl groups is 1. The lowest BCUT2D eigenvalue weighted by Gasteiger charge is -2.28. The van der Waals surface area contributed by atoms with Crippen LogP contribution in [0.4, 0.5) is 5.69 Å². The van der Waals surface area contributed by atoms with Crippen LogP contribution in [0.1, 0.15) is 22.3 Å². The molecular weight excluding hydrogens is 310 g/mol. The average Bonchev–Trinajstić information content (AvgIpc) is 2.66. The highest BCUT2D eigenvalue weighted by atomic mass is 16.3. The van der Waals surface area contributed by atoms with Gasteiger partial charge in [-0.25, -0.2) is 0 Å². The van der Waals surface area contributed by atoms with Crippen molar-refractivity contribution in [3.63, 3.8) is 0 Å². The number of anilines is 1. The number of aryl methyl sites for hydroxylation is 1. The van der Waals surface area contributed by atoms with E-state index >= 15 is 0 Å². The lowest BCUT2D eigenvalue weighted by molar-refractivity contribution is -0.131. The topological polar surface area (TPSA) is 49.3 Å². The molecule has 0 atom stereocenters. The van der Waals surface area contributed by atoms with E-state index in [0.29, 0.717) is 16.8 Å². The first-order valence-electron chi connectivity index (χ1n) is 8.24. The highest BCUT2D eigenvalue weighted by Crippen LogP contribution is 2.31. The summed E-state index contributed by atoms with van der Waals surface area (Å²) < 4.78 is 0. The molecule has 0 heterocycles. The minimum absolute atomic E-state index is 0.474. The van der Waals surface area contributed by atoms with Crippen molar-refractivity contribution in [2.45, 2.75) is 19.4 Å². The molecule has 0 saturated heterocycles. The first-order chi connectivity index (χ1) is 12.0. The summed E-state index contributed by atoms with van der Waals surface area (Å²) in [5.41, 5.74) is 2.07. The van der Waals surface area contributed by atoms with Crippen LogP contribution in [0.15, 0.2) is 78.9 Å². The van der Waals surface area contributed by atoms with Gasteiger partial charge >= 0.3 is 0 Å². The zero-order valence-corrected chi connectivity index (χ0v) is 14.4. The van der Waals surface area contributed by atoms with Crippen LogP contribution in [0.25, 0.3) is 0 Å². The first-order valence-corrected chi connectivity index (χ1v) is 8.24. The second-order valence-electron chi connectivity index (χ2n) is 6.14. The van der Waals surface area contributed by atoms with E-state index in [1.807, 2.05) is 68.4 Å². The normalized spacial score (nSPS) is 11.2. The number of carbonyl (C=O) groups excluding carboxylic acids is 1. The van der Waals surface area contributed by atoms with E-state index in [1.165, 1.54) is 0 Å². The van der Waals surface area contributed by atoms with E-state index in [0.717, 1.165) is 11.1 Å². The third-order valence-electron chi connectivity index (χ3n) is 4.56. The molecule has 0 saturated carbocycles. The third-order valence-corrected chi connectivity index (χ3v) is 4.56. The van der Waals surface area contributed by atoms with Crippen molar-refractivity contribution in [2.24, 2.45) is 0 Å². The van der Waals surface area contributed by atoms with Crippen molar-refractivity contribution >= 4 is 11.6 Å². The Morgan fingerprint density at radius 3 is 1.84 bits per heavy atom. The third kappa shape index (κ3) is 3.19. The minimum atomic E-state index is -1.77. The van der Waals surface area contributed by atoms with Gasteiger partial charge in [-0.05, 0) is 42.2 Å². The van der Waals surface area contributed by atoms with Crippen LogP contribution in [0.5, 0.6) is 0 Å². The molecule has 0 aliphatic rings. The number of hydrogen-bond donors (Lipinski definition) is 2. The highest BCUT2D eigenvalue weighted by molar-refractivity contribution is 6.00. The summed E-state index contributed by atoms with van der Waals surface area (Å²) in [5, 5.41) is 14.3. The predicted octanol–water partition coefficient (Wildman–Crippen LogP) is 4.18. The molecule has 25 heavy (non-hydrogen) atoms.